The molecule has 1 aliphatic rings. The van der Waals surface area contributed by atoms with Gasteiger partial charge in [-0.2, -0.15) is 5.10 Å². The van der Waals surface area contributed by atoms with Gasteiger partial charge in [0.25, 0.3) is 5.56 Å². The highest BCUT2D eigenvalue weighted by molar-refractivity contribution is 5.89. The van der Waals surface area contributed by atoms with Crippen LogP contribution in [-0.4, -0.2) is 49.7 Å². The van der Waals surface area contributed by atoms with Crippen LogP contribution in [0.4, 0.5) is 0 Å². The van der Waals surface area contributed by atoms with E-state index in [-0.39, 0.29) is 5.56 Å². The van der Waals surface area contributed by atoms with E-state index in [0.717, 1.165) is 29.7 Å². The fraction of sp³-hybridized carbons (Fsp3) is 0.364. The van der Waals surface area contributed by atoms with Crippen LogP contribution in [0.1, 0.15) is 11.1 Å². The molecule has 0 N–H and O–H groups in total. The monoisotopic (exact) mass is 411 g/mol. The molecule has 158 valence electrons. The van der Waals surface area contributed by atoms with Gasteiger partial charge in [-0.15, -0.1) is 0 Å². The maximum Gasteiger partial charge on any atom is 0.279 e. The Bertz CT molecular complexity index is 1140. The van der Waals surface area contributed by atoms with Crippen LogP contribution in [0.25, 0.3) is 10.8 Å². The fourth-order valence-electron chi connectivity index (χ4n) is 3.94. The third-order valence-corrected chi connectivity index (χ3v) is 5.49. The number of hydrogen-bond acceptors (Lipinski definition) is 7. The summed E-state index contributed by atoms with van der Waals surface area (Å²) in [5, 5.41) is 5.56. The summed E-state index contributed by atoms with van der Waals surface area (Å²) in [6.07, 6.45) is 2.54. The summed E-state index contributed by atoms with van der Waals surface area (Å²) < 4.78 is 23.1. The molecule has 0 spiro atoms. The van der Waals surface area contributed by atoms with E-state index in [9.17, 15) is 4.79 Å². The van der Waals surface area contributed by atoms with Gasteiger partial charge in [-0.3, -0.25) is 9.69 Å². The Hall–Kier alpha value is -3.26. The van der Waals surface area contributed by atoms with Gasteiger partial charge in [0.1, 0.15) is 0 Å². The second kappa shape index (κ2) is 8.23. The second-order valence-corrected chi connectivity index (χ2v) is 7.13. The van der Waals surface area contributed by atoms with E-state index < -0.39 is 0 Å². The van der Waals surface area contributed by atoms with E-state index in [1.54, 1.807) is 33.6 Å². The molecule has 0 unspecified atom stereocenters. The molecule has 0 radical (unpaired) electrons. The number of hydrogen-bond donors (Lipinski definition) is 0. The van der Waals surface area contributed by atoms with Gasteiger partial charge < -0.3 is 18.9 Å². The van der Waals surface area contributed by atoms with Gasteiger partial charge in [-0.1, -0.05) is 0 Å². The zero-order chi connectivity index (χ0) is 21.3. The maximum absolute atomic E-state index is 13.2. The number of fused-ring (bicyclic) bond motifs is 2. The van der Waals surface area contributed by atoms with Gasteiger partial charge in [0, 0.05) is 18.5 Å². The summed E-state index contributed by atoms with van der Waals surface area (Å²) in [5.74, 6) is 2.39. The highest BCUT2D eigenvalue weighted by Gasteiger charge is 2.21. The normalized spacial score (nSPS) is 13.7. The van der Waals surface area contributed by atoms with Crippen molar-refractivity contribution in [1.82, 2.24) is 14.7 Å². The summed E-state index contributed by atoms with van der Waals surface area (Å²) in [7, 11) is 6.36. The first-order valence-electron chi connectivity index (χ1n) is 9.66. The van der Waals surface area contributed by atoms with Crippen LogP contribution >= 0.6 is 0 Å². The first-order valence-corrected chi connectivity index (χ1v) is 9.66. The molecule has 8 heteroatoms. The van der Waals surface area contributed by atoms with Crippen LogP contribution in [0, 0.1) is 0 Å². The van der Waals surface area contributed by atoms with Gasteiger partial charge in [0.05, 0.1) is 46.7 Å². The van der Waals surface area contributed by atoms with E-state index in [2.05, 4.69) is 10.00 Å². The Labute approximate surface area is 174 Å². The molecule has 30 heavy (non-hydrogen) atoms. The second-order valence-electron chi connectivity index (χ2n) is 7.13. The minimum Gasteiger partial charge on any atom is -0.493 e. The first-order chi connectivity index (χ1) is 14.6. The quantitative estimate of drug-likeness (QED) is 0.617. The fourth-order valence-corrected chi connectivity index (χ4v) is 3.94. The summed E-state index contributed by atoms with van der Waals surface area (Å²) in [6.45, 7) is 1.88. The molecule has 4 rings (SSSR count). The lowest BCUT2D eigenvalue weighted by Gasteiger charge is -2.29. The van der Waals surface area contributed by atoms with Crippen molar-refractivity contribution >= 4 is 10.8 Å². The van der Waals surface area contributed by atoms with Gasteiger partial charge in [-0.05, 0) is 41.8 Å². The van der Waals surface area contributed by atoms with Crippen LogP contribution in [0.5, 0.6) is 23.0 Å². The molecule has 2 aromatic carbocycles. The van der Waals surface area contributed by atoms with Crippen LogP contribution in [-0.2, 0) is 19.6 Å². The highest BCUT2D eigenvalue weighted by atomic mass is 16.5. The molecule has 0 saturated carbocycles. The molecule has 2 heterocycles. The van der Waals surface area contributed by atoms with Crippen LogP contribution in [0.15, 0.2) is 35.3 Å². The Morgan fingerprint density at radius 1 is 0.933 bits per heavy atom. The molecule has 0 saturated heterocycles. The lowest BCUT2D eigenvalue weighted by atomic mass is 9.99. The number of aromatic nitrogens is 2. The van der Waals surface area contributed by atoms with Crippen molar-refractivity contribution in [1.29, 1.82) is 0 Å². The molecule has 0 fully saturated rings. The number of ether oxygens (including phenoxy) is 4. The zero-order valence-electron chi connectivity index (χ0n) is 17.6. The number of nitrogens with zero attached hydrogens (tertiary/aromatic N) is 3. The molecule has 8 nitrogen and oxygen atoms in total. The molecule has 0 amide bonds. The molecule has 0 atom stereocenters. The van der Waals surface area contributed by atoms with Crippen molar-refractivity contribution in [3.05, 3.63) is 51.9 Å². The summed E-state index contributed by atoms with van der Waals surface area (Å²) >= 11 is 0. The molecular weight excluding hydrogens is 386 g/mol. The van der Waals surface area contributed by atoms with Gasteiger partial charge >= 0.3 is 0 Å². The van der Waals surface area contributed by atoms with Crippen molar-refractivity contribution in [2.75, 3.05) is 35.0 Å². The molecule has 0 aliphatic carbocycles. The predicted octanol–water partition coefficient (Wildman–Crippen LogP) is 2.45. The van der Waals surface area contributed by atoms with E-state index in [1.807, 2.05) is 18.2 Å². The molecular formula is C22H25N3O5. The molecule has 1 aromatic heterocycles. The third-order valence-electron chi connectivity index (χ3n) is 5.49. The van der Waals surface area contributed by atoms with E-state index in [4.69, 9.17) is 18.9 Å². The van der Waals surface area contributed by atoms with Crippen molar-refractivity contribution < 1.29 is 18.9 Å². The van der Waals surface area contributed by atoms with Gasteiger partial charge in [0.2, 0.25) is 0 Å². The lowest BCUT2D eigenvalue weighted by molar-refractivity contribution is 0.185. The van der Waals surface area contributed by atoms with Crippen LogP contribution < -0.4 is 24.5 Å². The Balaban J connectivity index is 1.65. The van der Waals surface area contributed by atoms with Crippen molar-refractivity contribution in [2.24, 2.45) is 0 Å². The minimum atomic E-state index is -0.207. The summed E-state index contributed by atoms with van der Waals surface area (Å²) in [4.78, 5) is 15.4. The smallest absolute Gasteiger partial charge is 0.279 e. The standard InChI is InChI=1S/C22H25N3O5/c1-27-17-6-5-15-11-23-25(22(26)20(15)21(17)30-4)13-24-8-7-14-9-18(28-2)19(29-3)10-16(14)12-24/h5-6,9-11H,7-8,12-13H2,1-4H3. The van der Waals surface area contributed by atoms with Gasteiger partial charge in [0.15, 0.2) is 23.0 Å². The van der Waals surface area contributed by atoms with E-state index in [1.165, 1.54) is 17.4 Å². The van der Waals surface area contributed by atoms with Crippen molar-refractivity contribution in [3.63, 3.8) is 0 Å². The Kier molecular flexibility index (Phi) is 5.50. The maximum atomic E-state index is 13.2. The molecule has 1 aliphatic heterocycles. The topological polar surface area (TPSA) is 75.1 Å². The number of benzene rings is 2. The average molecular weight is 411 g/mol. The first kappa shape index (κ1) is 20.0. The number of methoxy groups -OCH3 is 4. The minimum absolute atomic E-state index is 0.207. The molecule has 0 bridgehead atoms. The highest BCUT2D eigenvalue weighted by Crippen LogP contribution is 2.34. The van der Waals surface area contributed by atoms with Gasteiger partial charge in [-0.25, -0.2) is 4.68 Å². The number of rotatable bonds is 6. The van der Waals surface area contributed by atoms with Crippen molar-refractivity contribution in [2.45, 2.75) is 19.6 Å². The third kappa shape index (κ3) is 3.43. The summed E-state index contributed by atoms with van der Waals surface area (Å²) in [6, 6.07) is 7.62. The average Bonchev–Trinajstić information content (AvgIpc) is 2.78. The van der Waals surface area contributed by atoms with E-state index in [0.29, 0.717) is 35.8 Å². The van der Waals surface area contributed by atoms with Crippen LogP contribution in [0.2, 0.25) is 0 Å². The zero-order valence-corrected chi connectivity index (χ0v) is 17.6. The predicted molar refractivity (Wildman–Crippen MR) is 113 cm³/mol. The Morgan fingerprint density at radius 2 is 1.63 bits per heavy atom. The summed E-state index contributed by atoms with van der Waals surface area (Å²) in [5.41, 5.74) is 2.18. The van der Waals surface area contributed by atoms with E-state index >= 15 is 0 Å². The largest absolute Gasteiger partial charge is 0.493 e. The van der Waals surface area contributed by atoms with Crippen molar-refractivity contribution in [3.8, 4) is 23.0 Å². The molecule has 3 aromatic rings. The SMILES string of the molecule is COc1cc2c(cc1OC)CN(Cn1ncc3ccc(OC)c(OC)c3c1=O)CC2. The Morgan fingerprint density at radius 3 is 2.30 bits per heavy atom. The lowest BCUT2D eigenvalue weighted by Crippen LogP contribution is -2.37. The van der Waals surface area contributed by atoms with Crippen LogP contribution in [0.3, 0.4) is 0 Å².